The second-order valence-corrected chi connectivity index (χ2v) is 4.69. The van der Waals surface area contributed by atoms with Crippen LogP contribution in [0.1, 0.15) is 12.8 Å². The van der Waals surface area contributed by atoms with Crippen LogP contribution in [0.5, 0.6) is 0 Å². The molecule has 2 rings (SSSR count). The van der Waals surface area contributed by atoms with Crippen molar-refractivity contribution in [3.05, 3.63) is 24.1 Å². The monoisotopic (exact) mass is 212 g/mol. The Morgan fingerprint density at radius 3 is 2.86 bits per heavy atom. The molecule has 4 heteroatoms. The summed E-state index contributed by atoms with van der Waals surface area (Å²) in [5, 5.41) is 4.70. The standard InChI is InChI=1S/C10H13FN2S/c11-9-2-1-3-10(13-9)14-8-4-6-12-7-5-8/h1-3,8,12H,4-7H2. The zero-order valence-electron chi connectivity index (χ0n) is 7.87. The summed E-state index contributed by atoms with van der Waals surface area (Å²) in [6.45, 7) is 2.12. The third-order valence-electron chi connectivity index (χ3n) is 2.26. The number of aromatic nitrogens is 1. The van der Waals surface area contributed by atoms with Crippen molar-refractivity contribution in [1.82, 2.24) is 10.3 Å². The molecule has 1 aliphatic rings. The van der Waals surface area contributed by atoms with E-state index in [1.165, 1.54) is 6.07 Å². The van der Waals surface area contributed by atoms with Gasteiger partial charge in [-0.25, -0.2) is 4.98 Å². The number of halogens is 1. The van der Waals surface area contributed by atoms with E-state index in [0.717, 1.165) is 31.0 Å². The molecule has 2 nitrogen and oxygen atoms in total. The average Bonchev–Trinajstić information content (AvgIpc) is 2.19. The molecular weight excluding hydrogens is 199 g/mol. The zero-order valence-corrected chi connectivity index (χ0v) is 8.69. The Bertz CT molecular complexity index is 300. The largest absolute Gasteiger partial charge is 0.317 e. The number of nitrogens with one attached hydrogen (secondary N) is 1. The number of hydrogen-bond donors (Lipinski definition) is 1. The molecule has 2 heterocycles. The van der Waals surface area contributed by atoms with Crippen molar-refractivity contribution in [2.75, 3.05) is 13.1 Å². The SMILES string of the molecule is Fc1cccc(SC2CCNCC2)n1. The van der Waals surface area contributed by atoms with Gasteiger partial charge in [-0.3, -0.25) is 0 Å². The first-order valence-electron chi connectivity index (χ1n) is 4.84. The maximum absolute atomic E-state index is 12.8. The molecule has 0 aromatic carbocycles. The summed E-state index contributed by atoms with van der Waals surface area (Å²) in [4.78, 5) is 3.84. The Labute approximate surface area is 87.3 Å². The Kier molecular flexibility index (Phi) is 3.37. The van der Waals surface area contributed by atoms with Gasteiger partial charge in [0.15, 0.2) is 0 Å². The minimum atomic E-state index is -0.385. The van der Waals surface area contributed by atoms with E-state index in [-0.39, 0.29) is 5.95 Å². The van der Waals surface area contributed by atoms with Crippen LogP contribution in [0.2, 0.25) is 0 Å². The van der Waals surface area contributed by atoms with Crippen LogP contribution in [0.4, 0.5) is 4.39 Å². The van der Waals surface area contributed by atoms with Gasteiger partial charge in [0.25, 0.3) is 0 Å². The number of pyridine rings is 1. The first-order chi connectivity index (χ1) is 6.84. The van der Waals surface area contributed by atoms with E-state index >= 15 is 0 Å². The van der Waals surface area contributed by atoms with Crippen molar-refractivity contribution >= 4 is 11.8 Å². The van der Waals surface area contributed by atoms with Crippen molar-refractivity contribution < 1.29 is 4.39 Å². The van der Waals surface area contributed by atoms with Gasteiger partial charge in [0, 0.05) is 5.25 Å². The molecule has 0 atom stereocenters. The second-order valence-electron chi connectivity index (χ2n) is 3.37. The van der Waals surface area contributed by atoms with Crippen molar-refractivity contribution in [3.8, 4) is 0 Å². The topological polar surface area (TPSA) is 24.9 Å². The van der Waals surface area contributed by atoms with Crippen LogP contribution in [0, 0.1) is 5.95 Å². The number of nitrogens with zero attached hydrogens (tertiary/aromatic N) is 1. The van der Waals surface area contributed by atoms with Crippen LogP contribution in [-0.4, -0.2) is 23.3 Å². The third-order valence-corrected chi connectivity index (χ3v) is 3.54. The molecule has 0 saturated carbocycles. The smallest absolute Gasteiger partial charge is 0.213 e. The highest BCUT2D eigenvalue weighted by Crippen LogP contribution is 2.26. The highest BCUT2D eigenvalue weighted by Gasteiger charge is 2.14. The highest BCUT2D eigenvalue weighted by atomic mass is 32.2. The van der Waals surface area contributed by atoms with Crippen LogP contribution in [0.3, 0.4) is 0 Å². The first kappa shape index (κ1) is 9.93. The van der Waals surface area contributed by atoms with Gasteiger partial charge in [-0.05, 0) is 38.1 Å². The molecule has 1 aromatic heterocycles. The third kappa shape index (κ3) is 2.69. The summed E-state index contributed by atoms with van der Waals surface area (Å²) in [6, 6.07) is 4.97. The lowest BCUT2D eigenvalue weighted by molar-refractivity contribution is 0.530. The van der Waals surface area contributed by atoms with Gasteiger partial charge in [0.1, 0.15) is 0 Å². The van der Waals surface area contributed by atoms with Crippen molar-refractivity contribution in [2.45, 2.75) is 23.1 Å². The summed E-state index contributed by atoms with van der Waals surface area (Å²) in [5.74, 6) is -0.385. The van der Waals surface area contributed by atoms with Gasteiger partial charge in [0.05, 0.1) is 5.03 Å². The summed E-state index contributed by atoms with van der Waals surface area (Å²) in [7, 11) is 0. The fraction of sp³-hybridized carbons (Fsp3) is 0.500. The van der Waals surface area contributed by atoms with Gasteiger partial charge in [0.2, 0.25) is 5.95 Å². The lowest BCUT2D eigenvalue weighted by Gasteiger charge is -2.21. The summed E-state index contributed by atoms with van der Waals surface area (Å²) < 4.78 is 12.8. The summed E-state index contributed by atoms with van der Waals surface area (Å²) in [6.07, 6.45) is 2.28. The molecule has 1 aromatic rings. The number of hydrogen-bond acceptors (Lipinski definition) is 3. The van der Waals surface area contributed by atoms with Gasteiger partial charge < -0.3 is 5.32 Å². The van der Waals surface area contributed by atoms with Gasteiger partial charge >= 0.3 is 0 Å². The fourth-order valence-corrected chi connectivity index (χ4v) is 2.65. The van der Waals surface area contributed by atoms with E-state index in [4.69, 9.17) is 0 Å². The number of rotatable bonds is 2. The molecule has 1 saturated heterocycles. The maximum atomic E-state index is 12.8. The van der Waals surface area contributed by atoms with Crippen LogP contribution in [0.15, 0.2) is 23.2 Å². The quantitative estimate of drug-likeness (QED) is 0.760. The Morgan fingerprint density at radius 2 is 2.14 bits per heavy atom. The van der Waals surface area contributed by atoms with E-state index in [1.807, 2.05) is 6.07 Å². The maximum Gasteiger partial charge on any atom is 0.213 e. The molecule has 1 N–H and O–H groups in total. The molecule has 76 valence electrons. The molecule has 0 unspecified atom stereocenters. The molecule has 0 aliphatic carbocycles. The average molecular weight is 212 g/mol. The number of thioether (sulfide) groups is 1. The molecule has 0 bridgehead atoms. The second kappa shape index (κ2) is 4.75. The van der Waals surface area contributed by atoms with Crippen molar-refractivity contribution in [1.29, 1.82) is 0 Å². The van der Waals surface area contributed by atoms with Crippen LogP contribution in [0.25, 0.3) is 0 Å². The molecule has 1 aliphatic heterocycles. The normalized spacial score (nSPS) is 18.4. The van der Waals surface area contributed by atoms with E-state index in [0.29, 0.717) is 5.25 Å². The predicted molar refractivity (Wildman–Crippen MR) is 55.9 cm³/mol. The lowest BCUT2D eigenvalue weighted by atomic mass is 10.2. The molecule has 0 amide bonds. The van der Waals surface area contributed by atoms with Crippen LogP contribution in [-0.2, 0) is 0 Å². The summed E-state index contributed by atoms with van der Waals surface area (Å²) >= 11 is 1.69. The van der Waals surface area contributed by atoms with Gasteiger partial charge in [-0.1, -0.05) is 6.07 Å². The summed E-state index contributed by atoms with van der Waals surface area (Å²) in [5.41, 5.74) is 0. The van der Waals surface area contributed by atoms with E-state index < -0.39 is 0 Å². The minimum absolute atomic E-state index is 0.385. The zero-order chi connectivity index (χ0) is 9.80. The van der Waals surface area contributed by atoms with Crippen molar-refractivity contribution in [3.63, 3.8) is 0 Å². The van der Waals surface area contributed by atoms with E-state index in [1.54, 1.807) is 17.8 Å². The van der Waals surface area contributed by atoms with Gasteiger partial charge in [-0.2, -0.15) is 4.39 Å². The highest BCUT2D eigenvalue weighted by molar-refractivity contribution is 7.99. The van der Waals surface area contributed by atoms with E-state index in [2.05, 4.69) is 10.3 Å². The molecule has 0 spiro atoms. The Balaban J connectivity index is 1.95. The van der Waals surface area contributed by atoms with Crippen LogP contribution < -0.4 is 5.32 Å². The minimum Gasteiger partial charge on any atom is -0.317 e. The molecule has 0 radical (unpaired) electrons. The Hall–Kier alpha value is -0.610. The fourth-order valence-electron chi connectivity index (χ4n) is 1.54. The van der Waals surface area contributed by atoms with Gasteiger partial charge in [-0.15, -0.1) is 11.8 Å². The predicted octanol–water partition coefficient (Wildman–Crippen LogP) is 2.06. The molecule has 14 heavy (non-hydrogen) atoms. The van der Waals surface area contributed by atoms with Crippen LogP contribution >= 0.6 is 11.8 Å². The first-order valence-corrected chi connectivity index (χ1v) is 5.72. The van der Waals surface area contributed by atoms with Crippen molar-refractivity contribution in [2.24, 2.45) is 0 Å². The Morgan fingerprint density at radius 1 is 1.36 bits per heavy atom. The van der Waals surface area contributed by atoms with E-state index in [9.17, 15) is 4.39 Å². The number of piperidine rings is 1. The lowest BCUT2D eigenvalue weighted by Crippen LogP contribution is -2.29. The molecule has 1 fully saturated rings. The molecular formula is C10H13FN2S.